The molecule has 4 heteroatoms. The van der Waals surface area contributed by atoms with Crippen LogP contribution in [0.1, 0.15) is 0 Å². The SMILES string of the molecule is c1ccc(Oc2ccc3cc(Oc4ccccn4)ccc3c2)nc1. The summed E-state index contributed by atoms with van der Waals surface area (Å²) in [6.45, 7) is 0. The van der Waals surface area contributed by atoms with Gasteiger partial charge in [-0.3, -0.25) is 0 Å². The number of ether oxygens (including phenoxy) is 2. The van der Waals surface area contributed by atoms with Gasteiger partial charge >= 0.3 is 0 Å². The Morgan fingerprint density at radius 1 is 0.542 bits per heavy atom. The molecular formula is C20H14N2O2. The van der Waals surface area contributed by atoms with E-state index in [4.69, 9.17) is 9.47 Å². The fourth-order valence-corrected chi connectivity index (χ4v) is 2.39. The molecule has 0 saturated carbocycles. The van der Waals surface area contributed by atoms with Crippen LogP contribution in [0.15, 0.2) is 85.2 Å². The number of rotatable bonds is 4. The van der Waals surface area contributed by atoms with Crippen molar-refractivity contribution in [2.75, 3.05) is 0 Å². The molecule has 0 fully saturated rings. The molecule has 0 N–H and O–H groups in total. The second-order valence-corrected chi connectivity index (χ2v) is 5.21. The second kappa shape index (κ2) is 6.38. The van der Waals surface area contributed by atoms with Crippen molar-refractivity contribution in [3.63, 3.8) is 0 Å². The first-order chi connectivity index (χ1) is 11.9. The van der Waals surface area contributed by atoms with E-state index < -0.39 is 0 Å². The third-order valence-electron chi connectivity index (χ3n) is 3.50. The maximum Gasteiger partial charge on any atom is 0.219 e. The van der Waals surface area contributed by atoms with Gasteiger partial charge in [0, 0.05) is 24.5 Å². The van der Waals surface area contributed by atoms with Crippen LogP contribution in [-0.2, 0) is 0 Å². The van der Waals surface area contributed by atoms with Gasteiger partial charge in [0.05, 0.1) is 0 Å². The molecule has 0 saturated heterocycles. The number of aromatic nitrogens is 2. The van der Waals surface area contributed by atoms with Crippen LogP contribution in [0.25, 0.3) is 10.8 Å². The zero-order valence-corrected chi connectivity index (χ0v) is 12.8. The quantitative estimate of drug-likeness (QED) is 0.518. The Hall–Kier alpha value is -3.40. The van der Waals surface area contributed by atoms with Crippen LogP contribution in [0.5, 0.6) is 23.3 Å². The molecule has 0 unspecified atom stereocenters. The first-order valence-electron chi connectivity index (χ1n) is 7.58. The van der Waals surface area contributed by atoms with Gasteiger partial charge in [-0.2, -0.15) is 0 Å². The molecule has 4 aromatic rings. The minimum absolute atomic E-state index is 0.576. The molecule has 0 aliphatic rings. The van der Waals surface area contributed by atoms with E-state index in [0.29, 0.717) is 11.8 Å². The first-order valence-corrected chi connectivity index (χ1v) is 7.58. The van der Waals surface area contributed by atoms with E-state index in [-0.39, 0.29) is 0 Å². The number of hydrogen-bond donors (Lipinski definition) is 0. The average molecular weight is 314 g/mol. The largest absolute Gasteiger partial charge is 0.439 e. The summed E-state index contributed by atoms with van der Waals surface area (Å²) in [7, 11) is 0. The van der Waals surface area contributed by atoms with Crippen LogP contribution in [0.2, 0.25) is 0 Å². The van der Waals surface area contributed by atoms with Gasteiger partial charge in [-0.25, -0.2) is 9.97 Å². The van der Waals surface area contributed by atoms with Gasteiger partial charge in [0.1, 0.15) is 11.5 Å². The van der Waals surface area contributed by atoms with Crippen molar-refractivity contribution in [2.24, 2.45) is 0 Å². The van der Waals surface area contributed by atoms with Crippen molar-refractivity contribution in [1.82, 2.24) is 9.97 Å². The summed E-state index contributed by atoms with van der Waals surface area (Å²) >= 11 is 0. The molecule has 116 valence electrons. The van der Waals surface area contributed by atoms with E-state index in [2.05, 4.69) is 9.97 Å². The molecule has 0 spiro atoms. The second-order valence-electron chi connectivity index (χ2n) is 5.21. The Bertz CT molecular complexity index is 876. The monoisotopic (exact) mass is 314 g/mol. The topological polar surface area (TPSA) is 44.2 Å². The molecule has 0 radical (unpaired) electrons. The molecule has 2 aromatic carbocycles. The van der Waals surface area contributed by atoms with Crippen LogP contribution in [0.4, 0.5) is 0 Å². The van der Waals surface area contributed by atoms with E-state index >= 15 is 0 Å². The summed E-state index contributed by atoms with van der Waals surface area (Å²) in [6, 6.07) is 23.0. The summed E-state index contributed by atoms with van der Waals surface area (Å²) in [5, 5.41) is 2.13. The first kappa shape index (κ1) is 14.2. The van der Waals surface area contributed by atoms with Crippen molar-refractivity contribution < 1.29 is 9.47 Å². The van der Waals surface area contributed by atoms with Crippen LogP contribution < -0.4 is 9.47 Å². The zero-order chi connectivity index (χ0) is 16.2. The molecule has 4 nitrogen and oxygen atoms in total. The Morgan fingerprint density at radius 3 is 1.46 bits per heavy atom. The minimum Gasteiger partial charge on any atom is -0.439 e. The number of benzene rings is 2. The maximum atomic E-state index is 5.76. The van der Waals surface area contributed by atoms with Crippen molar-refractivity contribution in [2.45, 2.75) is 0 Å². The summed E-state index contributed by atoms with van der Waals surface area (Å²) < 4.78 is 11.5. The highest BCUT2D eigenvalue weighted by molar-refractivity contribution is 5.85. The van der Waals surface area contributed by atoms with Crippen LogP contribution >= 0.6 is 0 Å². The molecule has 2 aromatic heterocycles. The Balaban J connectivity index is 1.59. The van der Waals surface area contributed by atoms with Crippen LogP contribution in [-0.4, -0.2) is 9.97 Å². The minimum atomic E-state index is 0.576. The third kappa shape index (κ3) is 3.17. The predicted molar refractivity (Wildman–Crippen MR) is 92.6 cm³/mol. The molecule has 0 atom stereocenters. The van der Waals surface area contributed by atoms with Crippen LogP contribution in [0, 0.1) is 0 Å². The van der Waals surface area contributed by atoms with E-state index in [9.17, 15) is 0 Å². The van der Waals surface area contributed by atoms with Gasteiger partial charge < -0.3 is 9.47 Å². The van der Waals surface area contributed by atoms with Crippen molar-refractivity contribution >= 4 is 10.8 Å². The highest BCUT2D eigenvalue weighted by atomic mass is 16.5. The molecular weight excluding hydrogens is 300 g/mol. The lowest BCUT2D eigenvalue weighted by molar-refractivity contribution is 0.462. The Morgan fingerprint density at radius 2 is 1.04 bits per heavy atom. The standard InChI is InChI=1S/C20H14N2O2/c1-3-11-21-19(5-1)23-17-9-7-16-14-18(10-8-15(16)13-17)24-20-6-2-4-12-22-20/h1-14H. The van der Waals surface area contributed by atoms with E-state index in [0.717, 1.165) is 22.3 Å². The fraction of sp³-hybridized carbons (Fsp3) is 0. The molecule has 4 rings (SSSR count). The van der Waals surface area contributed by atoms with Gasteiger partial charge in [-0.05, 0) is 47.2 Å². The molecule has 0 amide bonds. The highest BCUT2D eigenvalue weighted by Gasteiger charge is 2.03. The smallest absolute Gasteiger partial charge is 0.219 e. The van der Waals surface area contributed by atoms with E-state index in [1.807, 2.05) is 72.8 Å². The summed E-state index contributed by atoms with van der Waals surface area (Å²) in [5.41, 5.74) is 0. The fourth-order valence-electron chi connectivity index (χ4n) is 2.39. The van der Waals surface area contributed by atoms with Crippen molar-refractivity contribution in [3.8, 4) is 23.3 Å². The summed E-state index contributed by atoms with van der Waals surface area (Å²) in [6.07, 6.45) is 3.41. The van der Waals surface area contributed by atoms with Gasteiger partial charge in [-0.1, -0.05) is 24.3 Å². The normalized spacial score (nSPS) is 10.5. The number of pyridine rings is 2. The molecule has 0 aliphatic heterocycles. The molecule has 2 heterocycles. The number of hydrogen-bond acceptors (Lipinski definition) is 4. The highest BCUT2D eigenvalue weighted by Crippen LogP contribution is 2.28. The van der Waals surface area contributed by atoms with Crippen LogP contribution in [0.3, 0.4) is 0 Å². The summed E-state index contributed by atoms with van der Waals surface area (Å²) in [5.74, 6) is 2.65. The zero-order valence-electron chi connectivity index (χ0n) is 12.8. The molecule has 24 heavy (non-hydrogen) atoms. The average Bonchev–Trinajstić information content (AvgIpc) is 2.64. The van der Waals surface area contributed by atoms with E-state index in [1.54, 1.807) is 12.4 Å². The lowest BCUT2D eigenvalue weighted by Gasteiger charge is -2.08. The molecule has 0 bridgehead atoms. The number of fused-ring (bicyclic) bond motifs is 1. The predicted octanol–water partition coefficient (Wildman–Crippen LogP) is 5.21. The van der Waals surface area contributed by atoms with Gasteiger partial charge in [0.15, 0.2) is 0 Å². The third-order valence-corrected chi connectivity index (χ3v) is 3.50. The van der Waals surface area contributed by atoms with Crippen molar-refractivity contribution in [1.29, 1.82) is 0 Å². The number of nitrogens with zero attached hydrogens (tertiary/aromatic N) is 2. The molecule has 0 aliphatic carbocycles. The Kier molecular flexibility index (Phi) is 3.78. The summed E-state index contributed by atoms with van der Waals surface area (Å²) in [4.78, 5) is 8.33. The maximum absolute atomic E-state index is 5.76. The van der Waals surface area contributed by atoms with E-state index in [1.165, 1.54) is 0 Å². The van der Waals surface area contributed by atoms with Gasteiger partial charge in [0.25, 0.3) is 0 Å². The lowest BCUT2D eigenvalue weighted by Crippen LogP contribution is -1.88. The van der Waals surface area contributed by atoms with Gasteiger partial charge in [-0.15, -0.1) is 0 Å². The lowest BCUT2D eigenvalue weighted by atomic mass is 10.1. The van der Waals surface area contributed by atoms with Gasteiger partial charge in [0.2, 0.25) is 11.8 Å². The van der Waals surface area contributed by atoms with Crippen molar-refractivity contribution in [3.05, 3.63) is 85.2 Å². The Labute approximate surface area is 139 Å².